The van der Waals surface area contributed by atoms with Gasteiger partial charge in [-0.1, -0.05) is 31.0 Å². The molecule has 0 aliphatic carbocycles. The van der Waals surface area contributed by atoms with Gasteiger partial charge in [-0.25, -0.2) is 4.98 Å². The number of fused-ring (bicyclic) bond motifs is 3. The van der Waals surface area contributed by atoms with Crippen LogP contribution in [0, 0.1) is 6.92 Å². The van der Waals surface area contributed by atoms with Crippen LogP contribution in [0.5, 0.6) is 0 Å². The number of aromatic amines is 1. The van der Waals surface area contributed by atoms with Crippen LogP contribution in [-0.2, 0) is 0 Å². The first kappa shape index (κ1) is 14.2. The van der Waals surface area contributed by atoms with Gasteiger partial charge in [-0.3, -0.25) is 4.79 Å². The van der Waals surface area contributed by atoms with Crippen LogP contribution >= 0.6 is 0 Å². The number of pyridine rings is 1. The van der Waals surface area contributed by atoms with Crippen LogP contribution in [0.25, 0.3) is 21.8 Å². The summed E-state index contributed by atoms with van der Waals surface area (Å²) < 4.78 is 0. The van der Waals surface area contributed by atoms with Gasteiger partial charge in [0.2, 0.25) is 0 Å². The SMILES string of the molecule is Cc1ccc2ccc3cc(C(=O)N4CCCCCC4)nc3c2[nH]1. The van der Waals surface area contributed by atoms with Gasteiger partial charge < -0.3 is 9.88 Å². The van der Waals surface area contributed by atoms with Crippen LogP contribution in [0.4, 0.5) is 0 Å². The molecule has 1 amide bonds. The maximum Gasteiger partial charge on any atom is 0.272 e. The van der Waals surface area contributed by atoms with Crippen LogP contribution in [0.1, 0.15) is 41.9 Å². The number of nitrogens with one attached hydrogen (secondary N) is 1. The zero-order valence-electron chi connectivity index (χ0n) is 13.4. The molecule has 0 atom stereocenters. The van der Waals surface area contributed by atoms with E-state index in [2.05, 4.69) is 28.2 Å². The zero-order chi connectivity index (χ0) is 15.8. The third-order valence-electron chi connectivity index (χ3n) is 4.71. The van der Waals surface area contributed by atoms with Crippen LogP contribution in [0.15, 0.2) is 30.3 Å². The van der Waals surface area contributed by atoms with Gasteiger partial charge >= 0.3 is 0 Å². The summed E-state index contributed by atoms with van der Waals surface area (Å²) in [7, 11) is 0. The van der Waals surface area contributed by atoms with Crippen molar-refractivity contribution < 1.29 is 4.79 Å². The zero-order valence-corrected chi connectivity index (χ0v) is 13.4. The van der Waals surface area contributed by atoms with Crippen molar-refractivity contribution in [3.8, 4) is 0 Å². The number of likely N-dealkylation sites (tertiary alicyclic amines) is 1. The van der Waals surface area contributed by atoms with E-state index in [1.807, 2.05) is 24.0 Å². The van der Waals surface area contributed by atoms with Gasteiger partial charge in [0.25, 0.3) is 5.91 Å². The Balaban J connectivity index is 1.77. The molecule has 0 radical (unpaired) electrons. The molecule has 1 fully saturated rings. The predicted octanol–water partition coefficient (Wildman–Crippen LogP) is 4.04. The lowest BCUT2D eigenvalue weighted by Crippen LogP contribution is -2.32. The molecule has 118 valence electrons. The maximum absolute atomic E-state index is 12.8. The molecule has 1 aliphatic rings. The second-order valence-corrected chi connectivity index (χ2v) is 6.46. The fraction of sp³-hybridized carbons (Fsp3) is 0.368. The van der Waals surface area contributed by atoms with Crippen molar-refractivity contribution in [2.24, 2.45) is 0 Å². The third-order valence-corrected chi connectivity index (χ3v) is 4.71. The highest BCUT2D eigenvalue weighted by molar-refractivity contribution is 6.07. The molecular formula is C19H21N3O. The summed E-state index contributed by atoms with van der Waals surface area (Å²) in [6, 6.07) is 10.2. The number of aryl methyl sites for hydroxylation is 1. The van der Waals surface area contributed by atoms with E-state index in [1.165, 1.54) is 12.8 Å². The average molecular weight is 307 g/mol. The first-order valence-corrected chi connectivity index (χ1v) is 8.41. The van der Waals surface area contributed by atoms with E-state index in [0.29, 0.717) is 5.69 Å². The van der Waals surface area contributed by atoms with E-state index >= 15 is 0 Å². The van der Waals surface area contributed by atoms with Crippen molar-refractivity contribution in [3.05, 3.63) is 41.7 Å². The molecule has 0 bridgehead atoms. The topological polar surface area (TPSA) is 49.0 Å². The van der Waals surface area contributed by atoms with Crippen molar-refractivity contribution in [2.75, 3.05) is 13.1 Å². The second kappa shape index (κ2) is 5.69. The number of amides is 1. The van der Waals surface area contributed by atoms with Gasteiger partial charge in [0.1, 0.15) is 5.69 Å². The normalized spacial score (nSPS) is 16.0. The standard InChI is InChI=1S/C19H21N3O/c1-13-6-7-14-8-9-15-12-16(21-18(15)17(14)20-13)19(23)22-10-4-2-3-5-11-22/h6-9,12,20H,2-5,10-11H2,1H3. The number of hydrogen-bond donors (Lipinski definition) is 1. The maximum atomic E-state index is 12.8. The predicted molar refractivity (Wildman–Crippen MR) is 92.7 cm³/mol. The molecule has 3 heterocycles. The second-order valence-electron chi connectivity index (χ2n) is 6.46. The molecule has 2 aromatic heterocycles. The molecule has 4 heteroatoms. The summed E-state index contributed by atoms with van der Waals surface area (Å²) >= 11 is 0. The number of rotatable bonds is 1. The molecule has 1 aromatic carbocycles. The lowest BCUT2D eigenvalue weighted by Gasteiger charge is -2.18. The number of hydrogen-bond acceptors (Lipinski definition) is 2. The van der Waals surface area contributed by atoms with Gasteiger partial charge in [-0.05, 0) is 31.9 Å². The largest absolute Gasteiger partial charge is 0.357 e. The number of aromatic nitrogens is 2. The van der Waals surface area contributed by atoms with Gasteiger partial charge in [0.05, 0.1) is 11.0 Å². The number of H-pyrrole nitrogens is 1. The molecule has 1 aliphatic heterocycles. The van der Waals surface area contributed by atoms with E-state index in [0.717, 1.165) is 53.4 Å². The highest BCUT2D eigenvalue weighted by Crippen LogP contribution is 2.25. The molecule has 4 rings (SSSR count). The average Bonchev–Trinajstić information content (AvgIpc) is 2.81. The van der Waals surface area contributed by atoms with Crippen LogP contribution in [0.3, 0.4) is 0 Å². The molecule has 1 N–H and O–H groups in total. The molecule has 1 saturated heterocycles. The Kier molecular flexibility index (Phi) is 3.52. The first-order chi connectivity index (χ1) is 11.2. The van der Waals surface area contributed by atoms with Crippen molar-refractivity contribution in [2.45, 2.75) is 32.6 Å². The summed E-state index contributed by atoms with van der Waals surface area (Å²) in [6.07, 6.45) is 4.64. The van der Waals surface area contributed by atoms with E-state index in [9.17, 15) is 4.79 Å². The third kappa shape index (κ3) is 2.58. The van der Waals surface area contributed by atoms with E-state index < -0.39 is 0 Å². The molecular weight excluding hydrogens is 286 g/mol. The van der Waals surface area contributed by atoms with Crippen LogP contribution < -0.4 is 0 Å². The molecule has 3 aromatic rings. The number of carbonyl (C=O) groups excluding carboxylic acids is 1. The Morgan fingerprint density at radius 3 is 2.52 bits per heavy atom. The summed E-state index contributed by atoms with van der Waals surface area (Å²) in [5, 5.41) is 2.15. The molecule has 0 unspecified atom stereocenters. The van der Waals surface area contributed by atoms with Gasteiger partial charge in [-0.15, -0.1) is 0 Å². The molecule has 23 heavy (non-hydrogen) atoms. The Morgan fingerprint density at radius 1 is 1.04 bits per heavy atom. The minimum absolute atomic E-state index is 0.0731. The van der Waals surface area contributed by atoms with Crippen molar-refractivity contribution >= 4 is 27.7 Å². The van der Waals surface area contributed by atoms with E-state index in [4.69, 9.17) is 0 Å². The fourth-order valence-corrected chi connectivity index (χ4v) is 3.43. The minimum atomic E-state index is 0.0731. The van der Waals surface area contributed by atoms with Gasteiger partial charge in [-0.2, -0.15) is 0 Å². The van der Waals surface area contributed by atoms with Gasteiger partial charge in [0, 0.05) is 29.6 Å². The quantitative estimate of drug-likeness (QED) is 0.737. The van der Waals surface area contributed by atoms with Crippen LogP contribution in [-0.4, -0.2) is 33.9 Å². The highest BCUT2D eigenvalue weighted by atomic mass is 16.2. The van der Waals surface area contributed by atoms with Crippen molar-refractivity contribution in [1.29, 1.82) is 0 Å². The van der Waals surface area contributed by atoms with Crippen LogP contribution in [0.2, 0.25) is 0 Å². The summed E-state index contributed by atoms with van der Waals surface area (Å²) in [4.78, 5) is 22.8. The lowest BCUT2D eigenvalue weighted by molar-refractivity contribution is 0.0757. The number of carbonyl (C=O) groups is 1. The van der Waals surface area contributed by atoms with E-state index in [-0.39, 0.29) is 5.91 Å². The number of nitrogens with zero attached hydrogens (tertiary/aromatic N) is 2. The Bertz CT molecular complexity index is 873. The van der Waals surface area contributed by atoms with Crippen molar-refractivity contribution in [3.63, 3.8) is 0 Å². The molecule has 0 spiro atoms. The Labute approximate surface area is 135 Å². The number of benzene rings is 1. The Hall–Kier alpha value is -2.36. The molecule has 0 saturated carbocycles. The van der Waals surface area contributed by atoms with E-state index in [1.54, 1.807) is 0 Å². The Morgan fingerprint density at radius 2 is 1.74 bits per heavy atom. The smallest absolute Gasteiger partial charge is 0.272 e. The fourth-order valence-electron chi connectivity index (χ4n) is 3.43. The highest BCUT2D eigenvalue weighted by Gasteiger charge is 2.20. The lowest BCUT2D eigenvalue weighted by atomic mass is 10.1. The summed E-state index contributed by atoms with van der Waals surface area (Å²) in [5.74, 6) is 0.0731. The van der Waals surface area contributed by atoms with Gasteiger partial charge in [0.15, 0.2) is 0 Å². The molecule has 4 nitrogen and oxygen atoms in total. The monoisotopic (exact) mass is 307 g/mol. The first-order valence-electron chi connectivity index (χ1n) is 8.41. The summed E-state index contributed by atoms with van der Waals surface area (Å²) in [6.45, 7) is 3.74. The summed E-state index contributed by atoms with van der Waals surface area (Å²) in [5.41, 5.74) is 3.57. The minimum Gasteiger partial charge on any atom is -0.357 e. The van der Waals surface area contributed by atoms with Crippen molar-refractivity contribution in [1.82, 2.24) is 14.9 Å².